The van der Waals surface area contributed by atoms with E-state index in [1.807, 2.05) is 13.8 Å². The zero-order chi connectivity index (χ0) is 23.5. The molecule has 9 heteroatoms. The van der Waals surface area contributed by atoms with Crippen LogP contribution in [0.1, 0.15) is 33.1 Å². The van der Waals surface area contributed by atoms with E-state index in [9.17, 15) is 14.0 Å². The Labute approximate surface area is 194 Å². The Hall–Kier alpha value is -2.19. The average Bonchev–Trinajstić information content (AvgIpc) is 3.14. The predicted molar refractivity (Wildman–Crippen MR) is 129 cm³/mol. The molecule has 0 saturated heterocycles. The van der Waals surface area contributed by atoms with Crippen molar-refractivity contribution in [1.29, 1.82) is 0 Å². The first-order valence-corrected chi connectivity index (χ1v) is 14.9. The van der Waals surface area contributed by atoms with Gasteiger partial charge in [0.05, 0.1) is 37.4 Å². The Morgan fingerprint density at radius 1 is 1.19 bits per heavy atom. The van der Waals surface area contributed by atoms with Gasteiger partial charge in [-0.2, -0.15) is 0 Å². The van der Waals surface area contributed by atoms with Crippen LogP contribution in [0.25, 0.3) is 0 Å². The van der Waals surface area contributed by atoms with E-state index >= 15 is 0 Å². The molecule has 3 aliphatic rings. The number of carbonyl (C=O) groups is 2. The molecule has 1 aromatic rings. The number of urea groups is 1. The van der Waals surface area contributed by atoms with Gasteiger partial charge < -0.3 is 15.5 Å². The number of rotatable bonds is 3. The number of benzene rings is 1. The van der Waals surface area contributed by atoms with Gasteiger partial charge >= 0.3 is 6.03 Å². The van der Waals surface area contributed by atoms with E-state index in [-0.39, 0.29) is 27.7 Å². The standard InChI is InChI=1S/C23H30ClFN4O2Si/c1-22(2)16-12-26-19(28-20(30)23(9-6-10-23)32(3,4)5)15(16)13-29(22)21(31)27-18-11-14(25)7-8-17(18)24/h7-8,11H,6,9-10,12-13H2,1-5H3,(H,27,31)(H,26,28,30). The molecule has 2 aliphatic heterocycles. The molecule has 0 spiro atoms. The summed E-state index contributed by atoms with van der Waals surface area (Å²) in [5, 5.41) is 5.86. The van der Waals surface area contributed by atoms with Gasteiger partial charge in [-0.1, -0.05) is 37.7 Å². The Morgan fingerprint density at radius 2 is 1.88 bits per heavy atom. The fourth-order valence-corrected chi connectivity index (χ4v) is 7.80. The fourth-order valence-electron chi connectivity index (χ4n) is 5.04. The maximum absolute atomic E-state index is 13.6. The maximum atomic E-state index is 13.6. The van der Waals surface area contributed by atoms with Crippen molar-refractivity contribution in [2.75, 3.05) is 18.4 Å². The summed E-state index contributed by atoms with van der Waals surface area (Å²) in [5.41, 5.74) is 1.55. The first-order valence-electron chi connectivity index (χ1n) is 11.0. The molecule has 2 N–H and O–H groups in total. The number of nitrogens with one attached hydrogen (secondary N) is 2. The number of anilines is 1. The number of carbonyl (C=O) groups excluding carboxylic acids is 2. The highest BCUT2D eigenvalue weighted by Crippen LogP contribution is 2.55. The number of hydrogen-bond acceptors (Lipinski definition) is 3. The number of amides is 3. The lowest BCUT2D eigenvalue weighted by molar-refractivity contribution is -0.125. The number of amidine groups is 1. The quantitative estimate of drug-likeness (QED) is 0.589. The van der Waals surface area contributed by atoms with Gasteiger partial charge in [-0.15, -0.1) is 0 Å². The van der Waals surface area contributed by atoms with Crippen molar-refractivity contribution in [2.45, 2.75) is 63.3 Å². The van der Waals surface area contributed by atoms with Crippen molar-refractivity contribution in [1.82, 2.24) is 10.2 Å². The van der Waals surface area contributed by atoms with E-state index < -0.39 is 19.4 Å². The number of nitrogens with zero attached hydrogens (tertiary/aromatic N) is 2. The van der Waals surface area contributed by atoms with Gasteiger partial charge in [-0.3, -0.25) is 9.79 Å². The summed E-state index contributed by atoms with van der Waals surface area (Å²) in [6.07, 6.45) is 2.95. The van der Waals surface area contributed by atoms with Crippen molar-refractivity contribution in [3.05, 3.63) is 40.2 Å². The van der Waals surface area contributed by atoms with Crippen LogP contribution in [0.3, 0.4) is 0 Å². The van der Waals surface area contributed by atoms with Crippen LogP contribution in [-0.4, -0.2) is 49.4 Å². The molecule has 0 aromatic heterocycles. The van der Waals surface area contributed by atoms with Crippen molar-refractivity contribution >= 4 is 43.1 Å². The Morgan fingerprint density at radius 3 is 2.47 bits per heavy atom. The highest BCUT2D eigenvalue weighted by Gasteiger charge is 2.54. The Bertz CT molecular complexity index is 1060. The van der Waals surface area contributed by atoms with Crippen molar-refractivity contribution < 1.29 is 14.0 Å². The third-order valence-corrected chi connectivity index (χ3v) is 11.4. The van der Waals surface area contributed by atoms with Crippen molar-refractivity contribution in [3.8, 4) is 0 Å². The number of aliphatic imine (C=N–C) groups is 1. The van der Waals surface area contributed by atoms with Gasteiger partial charge in [0.1, 0.15) is 11.7 Å². The third-order valence-electron chi connectivity index (χ3n) is 7.50. The van der Waals surface area contributed by atoms with Crippen LogP contribution in [0.5, 0.6) is 0 Å². The van der Waals surface area contributed by atoms with Gasteiger partial charge in [-0.05, 0) is 50.5 Å². The number of hydrogen-bond donors (Lipinski definition) is 2. The smallest absolute Gasteiger partial charge is 0.311 e. The van der Waals surface area contributed by atoms with E-state index in [2.05, 4.69) is 35.3 Å². The van der Waals surface area contributed by atoms with Gasteiger partial charge in [0.15, 0.2) is 0 Å². The molecule has 0 radical (unpaired) electrons. The number of halogens is 2. The first kappa shape index (κ1) is 23.0. The lowest BCUT2D eigenvalue weighted by Crippen LogP contribution is -2.55. The third kappa shape index (κ3) is 3.57. The van der Waals surface area contributed by atoms with Crippen LogP contribution in [0.4, 0.5) is 14.9 Å². The van der Waals surface area contributed by atoms with Crippen LogP contribution in [-0.2, 0) is 4.79 Å². The van der Waals surface area contributed by atoms with Crippen molar-refractivity contribution in [3.63, 3.8) is 0 Å². The van der Waals surface area contributed by atoms with E-state index in [0.717, 1.165) is 30.4 Å². The molecule has 2 heterocycles. The lowest BCUT2D eigenvalue weighted by atomic mass is 9.83. The average molecular weight is 477 g/mol. The van der Waals surface area contributed by atoms with Crippen LogP contribution < -0.4 is 10.6 Å². The second-order valence-corrected chi connectivity index (χ2v) is 16.3. The van der Waals surface area contributed by atoms with Crippen LogP contribution in [0, 0.1) is 5.82 Å². The zero-order valence-electron chi connectivity index (χ0n) is 19.2. The van der Waals surface area contributed by atoms with Crippen LogP contribution in [0.2, 0.25) is 29.7 Å². The highest BCUT2D eigenvalue weighted by atomic mass is 35.5. The van der Waals surface area contributed by atoms with Crippen LogP contribution >= 0.6 is 11.6 Å². The molecule has 1 aliphatic carbocycles. The normalized spacial score (nSPS) is 21.1. The molecule has 32 heavy (non-hydrogen) atoms. The largest absolute Gasteiger partial charge is 0.322 e. The zero-order valence-corrected chi connectivity index (χ0v) is 21.0. The predicted octanol–water partition coefficient (Wildman–Crippen LogP) is 5.19. The fraction of sp³-hybridized carbons (Fsp3) is 0.522. The molecule has 1 aromatic carbocycles. The summed E-state index contributed by atoms with van der Waals surface area (Å²) in [5.74, 6) is 0.180. The minimum Gasteiger partial charge on any atom is -0.311 e. The molecule has 6 nitrogen and oxygen atoms in total. The second kappa shape index (κ2) is 7.69. The minimum atomic E-state index is -1.71. The Kier molecular flexibility index (Phi) is 5.53. The highest BCUT2D eigenvalue weighted by molar-refractivity contribution is 6.82. The first-order chi connectivity index (χ1) is 14.9. The maximum Gasteiger partial charge on any atom is 0.322 e. The lowest BCUT2D eigenvalue weighted by Gasteiger charge is -2.49. The SMILES string of the molecule is CC1(C)C2=C(CN1C(=O)Nc1cc(F)ccc1Cl)C(NC(=O)C1([Si](C)(C)C)CCC1)=NC2. The minimum absolute atomic E-state index is 0.0719. The van der Waals surface area contributed by atoms with E-state index in [1.165, 1.54) is 18.2 Å². The van der Waals surface area contributed by atoms with Gasteiger partial charge in [-0.25, -0.2) is 9.18 Å². The molecular weight excluding hydrogens is 447 g/mol. The molecule has 4 rings (SSSR count). The molecule has 0 bridgehead atoms. The second-order valence-electron chi connectivity index (χ2n) is 10.5. The topological polar surface area (TPSA) is 73.8 Å². The summed E-state index contributed by atoms with van der Waals surface area (Å²) in [6, 6.07) is 3.48. The summed E-state index contributed by atoms with van der Waals surface area (Å²) >= 11 is 6.12. The summed E-state index contributed by atoms with van der Waals surface area (Å²) in [4.78, 5) is 32.7. The monoisotopic (exact) mass is 476 g/mol. The molecule has 3 amide bonds. The van der Waals surface area contributed by atoms with E-state index in [1.54, 1.807) is 4.90 Å². The molecular formula is C23H30ClFN4O2Si. The summed E-state index contributed by atoms with van der Waals surface area (Å²) < 4.78 is 13.6. The molecule has 0 unspecified atom stereocenters. The van der Waals surface area contributed by atoms with Crippen LogP contribution in [0.15, 0.2) is 34.3 Å². The van der Waals surface area contributed by atoms with Gasteiger partial charge in [0.25, 0.3) is 0 Å². The molecule has 1 saturated carbocycles. The van der Waals surface area contributed by atoms with E-state index in [4.69, 9.17) is 11.6 Å². The summed E-state index contributed by atoms with van der Waals surface area (Å²) in [7, 11) is -1.71. The van der Waals surface area contributed by atoms with Gasteiger partial charge in [0.2, 0.25) is 5.91 Å². The Balaban J connectivity index is 1.51. The summed E-state index contributed by atoms with van der Waals surface area (Å²) in [6.45, 7) is 11.4. The van der Waals surface area contributed by atoms with Gasteiger partial charge in [0, 0.05) is 10.6 Å². The van der Waals surface area contributed by atoms with Crippen molar-refractivity contribution in [2.24, 2.45) is 4.99 Å². The molecule has 1 fully saturated rings. The molecule has 172 valence electrons. The molecule has 0 atom stereocenters. The van der Waals surface area contributed by atoms with E-state index in [0.29, 0.717) is 18.9 Å².